The second kappa shape index (κ2) is 11.2. The molecule has 0 aliphatic carbocycles. The van der Waals surface area contributed by atoms with Crippen LogP contribution in [0, 0.1) is 0 Å². The molecule has 0 bridgehead atoms. The van der Waals surface area contributed by atoms with E-state index in [1.54, 1.807) is 0 Å². The van der Waals surface area contributed by atoms with Gasteiger partial charge in [-0.1, -0.05) is 109 Å². The van der Waals surface area contributed by atoms with E-state index < -0.39 is 0 Å². The summed E-state index contributed by atoms with van der Waals surface area (Å²) >= 11 is 0. The molecule has 0 saturated carbocycles. The van der Waals surface area contributed by atoms with Gasteiger partial charge in [0.25, 0.3) is 0 Å². The normalized spacial score (nSPS) is 12.0. The molecule has 0 unspecified atom stereocenters. The molecule has 10 aromatic rings. The molecule has 9 aromatic carbocycles. The number of fused-ring (bicyclic) bond motifs is 3. The number of nitrogens with zero attached hydrogens (tertiary/aromatic N) is 2. The first-order chi connectivity index (χ1) is 25.8. The Balaban J connectivity index is 1.16. The summed E-state index contributed by atoms with van der Waals surface area (Å²) in [5.41, 5.74) is 8.04. The van der Waals surface area contributed by atoms with Crippen LogP contribution in [0.3, 0.4) is 0 Å². The molecule has 4 nitrogen and oxygen atoms in total. The molecule has 2 heterocycles. The Hall–Kier alpha value is -7.04. The van der Waals surface area contributed by atoms with Crippen LogP contribution in [0.5, 0.6) is 11.5 Å². The summed E-state index contributed by atoms with van der Waals surface area (Å²) in [5.74, 6) is 1.71. The fraction of sp³-hybridized carbons (Fsp3) is 0. The predicted molar refractivity (Wildman–Crippen MR) is 216 cm³/mol. The molecule has 0 saturated heterocycles. The summed E-state index contributed by atoms with van der Waals surface area (Å²) < 4.78 is 13.5. The Morgan fingerprint density at radius 2 is 0.981 bits per heavy atom. The van der Waals surface area contributed by atoms with Crippen molar-refractivity contribution < 1.29 is 9.15 Å². The first-order valence-corrected chi connectivity index (χ1v) is 17.6. The van der Waals surface area contributed by atoms with Gasteiger partial charge in [0.1, 0.15) is 17.1 Å². The maximum Gasteiger partial charge on any atom is 0.159 e. The minimum atomic E-state index is 0.849. The molecule has 1 aromatic heterocycles. The van der Waals surface area contributed by atoms with Crippen molar-refractivity contribution in [2.45, 2.75) is 0 Å². The number of rotatable bonds is 6. The Morgan fingerprint density at radius 1 is 0.346 bits per heavy atom. The molecular weight excluding hydrogens is 637 g/mol. The van der Waals surface area contributed by atoms with E-state index in [0.29, 0.717) is 0 Å². The second-order valence-corrected chi connectivity index (χ2v) is 13.3. The van der Waals surface area contributed by atoms with E-state index >= 15 is 0 Å². The number of para-hydroxylation sites is 5. The number of ether oxygens (including phenoxy) is 1. The Morgan fingerprint density at radius 3 is 1.73 bits per heavy atom. The molecule has 0 atom stereocenters. The lowest BCUT2D eigenvalue weighted by atomic mass is 9.92. The quantitative estimate of drug-likeness (QED) is 0.165. The van der Waals surface area contributed by atoms with Gasteiger partial charge >= 0.3 is 0 Å². The zero-order valence-corrected chi connectivity index (χ0v) is 28.0. The molecule has 52 heavy (non-hydrogen) atoms. The van der Waals surface area contributed by atoms with E-state index in [2.05, 4.69) is 180 Å². The first kappa shape index (κ1) is 28.8. The van der Waals surface area contributed by atoms with Gasteiger partial charge in [0.2, 0.25) is 0 Å². The lowest BCUT2D eigenvalue weighted by Crippen LogP contribution is -2.11. The lowest BCUT2D eigenvalue weighted by molar-refractivity contribution is 0.493. The van der Waals surface area contributed by atoms with Gasteiger partial charge in [0.15, 0.2) is 5.58 Å². The van der Waals surface area contributed by atoms with Crippen molar-refractivity contribution in [3.05, 3.63) is 182 Å². The van der Waals surface area contributed by atoms with Crippen LogP contribution in [0.15, 0.2) is 186 Å². The Bertz CT molecular complexity index is 2950. The maximum atomic E-state index is 6.94. The fourth-order valence-electron chi connectivity index (χ4n) is 8.13. The minimum Gasteiger partial charge on any atom is -0.456 e. The number of anilines is 6. The smallest absolute Gasteiger partial charge is 0.159 e. The highest BCUT2D eigenvalue weighted by atomic mass is 16.5. The van der Waals surface area contributed by atoms with Gasteiger partial charge in [-0.3, -0.25) is 0 Å². The Labute approximate surface area is 299 Å². The average Bonchev–Trinajstić information content (AvgIpc) is 3.59. The molecule has 1 aliphatic heterocycles. The minimum absolute atomic E-state index is 0.849. The number of hydrogen-bond acceptors (Lipinski definition) is 4. The van der Waals surface area contributed by atoms with Crippen LogP contribution >= 0.6 is 0 Å². The van der Waals surface area contributed by atoms with Gasteiger partial charge in [0, 0.05) is 55.4 Å². The standard InChI is InChI=1S/C48H30N2O2/c1-4-13-33(14-5-1)49(34-15-6-2-7-16-34)36-29-32-24-23-31-25-26-39-40(27-28-43-47(39)46(31)45(32)44(30-36)51-43)50(35-17-8-3-9-18-35)41-21-12-20-38-37-19-10-11-22-42(37)52-48(38)41/h1-30H. The highest BCUT2D eigenvalue weighted by molar-refractivity contribution is 6.27. The summed E-state index contributed by atoms with van der Waals surface area (Å²) in [4.78, 5) is 4.62. The zero-order chi connectivity index (χ0) is 34.2. The summed E-state index contributed by atoms with van der Waals surface area (Å²) in [6.07, 6.45) is 0. The Kier molecular flexibility index (Phi) is 6.22. The third kappa shape index (κ3) is 4.28. The fourth-order valence-corrected chi connectivity index (χ4v) is 8.13. The van der Waals surface area contributed by atoms with Crippen molar-refractivity contribution in [3.8, 4) is 11.5 Å². The van der Waals surface area contributed by atoms with Crippen LogP contribution < -0.4 is 14.5 Å². The van der Waals surface area contributed by atoms with Crippen LogP contribution in [0.25, 0.3) is 54.3 Å². The van der Waals surface area contributed by atoms with Gasteiger partial charge in [-0.15, -0.1) is 0 Å². The average molecular weight is 667 g/mol. The topological polar surface area (TPSA) is 28.9 Å². The summed E-state index contributed by atoms with van der Waals surface area (Å²) in [6, 6.07) is 64.0. The maximum absolute atomic E-state index is 6.94. The SMILES string of the molecule is c1ccc(N(c2ccccc2)c2cc3c4c(ccc5ccc6c(N(c7ccccc7)c7cccc8c7oc7ccccc78)ccc(c6c54)O3)c2)cc1. The monoisotopic (exact) mass is 666 g/mol. The number of hydrogen-bond donors (Lipinski definition) is 0. The molecule has 4 heteroatoms. The lowest BCUT2D eigenvalue weighted by Gasteiger charge is -2.30. The van der Waals surface area contributed by atoms with E-state index in [9.17, 15) is 0 Å². The number of benzene rings is 9. The molecule has 0 amide bonds. The third-order valence-corrected chi connectivity index (χ3v) is 10.3. The van der Waals surface area contributed by atoms with Crippen molar-refractivity contribution in [1.29, 1.82) is 0 Å². The van der Waals surface area contributed by atoms with Gasteiger partial charge in [-0.25, -0.2) is 0 Å². The molecule has 0 radical (unpaired) electrons. The van der Waals surface area contributed by atoms with Gasteiger partial charge in [-0.05, 0) is 77.5 Å². The van der Waals surface area contributed by atoms with E-state index in [1.165, 1.54) is 10.8 Å². The zero-order valence-electron chi connectivity index (χ0n) is 28.0. The van der Waals surface area contributed by atoms with Crippen LogP contribution in [0.2, 0.25) is 0 Å². The van der Waals surface area contributed by atoms with Gasteiger partial charge < -0.3 is 19.0 Å². The predicted octanol–water partition coefficient (Wildman–Crippen LogP) is 14.1. The molecule has 1 aliphatic rings. The van der Waals surface area contributed by atoms with Crippen molar-refractivity contribution in [3.63, 3.8) is 0 Å². The van der Waals surface area contributed by atoms with E-state index in [0.717, 1.165) is 89.1 Å². The highest BCUT2D eigenvalue weighted by Gasteiger charge is 2.26. The third-order valence-electron chi connectivity index (χ3n) is 10.3. The van der Waals surface area contributed by atoms with Crippen molar-refractivity contribution in [2.24, 2.45) is 0 Å². The molecule has 0 spiro atoms. The van der Waals surface area contributed by atoms with Gasteiger partial charge in [-0.2, -0.15) is 0 Å². The van der Waals surface area contributed by atoms with E-state index in [4.69, 9.17) is 9.15 Å². The summed E-state index contributed by atoms with van der Waals surface area (Å²) in [5, 5.41) is 9.08. The first-order valence-electron chi connectivity index (χ1n) is 17.6. The number of furan rings is 1. The summed E-state index contributed by atoms with van der Waals surface area (Å²) in [6.45, 7) is 0. The molecular formula is C48H30N2O2. The second-order valence-electron chi connectivity index (χ2n) is 13.3. The van der Waals surface area contributed by atoms with Crippen LogP contribution in [0.1, 0.15) is 0 Å². The molecule has 0 fully saturated rings. The highest BCUT2D eigenvalue weighted by Crippen LogP contribution is 2.53. The van der Waals surface area contributed by atoms with Crippen molar-refractivity contribution in [2.75, 3.05) is 9.80 Å². The van der Waals surface area contributed by atoms with E-state index in [1.807, 2.05) is 12.1 Å². The van der Waals surface area contributed by atoms with Crippen molar-refractivity contribution >= 4 is 88.4 Å². The van der Waals surface area contributed by atoms with Gasteiger partial charge in [0.05, 0.1) is 17.1 Å². The van der Waals surface area contributed by atoms with Crippen molar-refractivity contribution in [1.82, 2.24) is 0 Å². The summed E-state index contributed by atoms with van der Waals surface area (Å²) in [7, 11) is 0. The van der Waals surface area contributed by atoms with Crippen LogP contribution in [0.4, 0.5) is 34.1 Å². The van der Waals surface area contributed by atoms with Crippen LogP contribution in [-0.4, -0.2) is 0 Å². The molecule has 0 N–H and O–H groups in total. The van der Waals surface area contributed by atoms with E-state index in [-0.39, 0.29) is 0 Å². The largest absolute Gasteiger partial charge is 0.456 e. The molecule has 244 valence electrons. The molecule has 11 rings (SSSR count). The van der Waals surface area contributed by atoms with Crippen LogP contribution in [-0.2, 0) is 0 Å².